The minimum absolute atomic E-state index is 0.00132. The number of amides is 3. The average Bonchev–Trinajstić information content (AvgIpc) is 3.79. The Morgan fingerprint density at radius 3 is 2.67 bits per heavy atom. The molecule has 7 aliphatic rings. The second-order valence-electron chi connectivity index (χ2n) is 14.2. The van der Waals surface area contributed by atoms with Crippen molar-refractivity contribution in [3.05, 3.63) is 12.7 Å². The first kappa shape index (κ1) is 29.8. The Morgan fingerprint density at radius 2 is 1.88 bits per heavy atom. The lowest BCUT2D eigenvalue weighted by molar-refractivity contribution is -0.131. The van der Waals surface area contributed by atoms with Crippen molar-refractivity contribution in [2.45, 2.75) is 119 Å². The van der Waals surface area contributed by atoms with Gasteiger partial charge in [-0.3, -0.25) is 15.0 Å². The average molecular weight is 606 g/mol. The molecule has 0 aromatic carbocycles. The van der Waals surface area contributed by atoms with Crippen LogP contribution in [0.4, 0.5) is 13.6 Å². The number of nitrogens with one attached hydrogen (secondary N) is 4. The van der Waals surface area contributed by atoms with Gasteiger partial charge in [-0.05, 0) is 57.1 Å². The Labute approximate surface area is 253 Å². The van der Waals surface area contributed by atoms with E-state index in [0.29, 0.717) is 32.7 Å². The first-order valence-corrected chi connectivity index (χ1v) is 16.7. The SMILES string of the molecule is C=CC(=O)N1CCN(C2NC(=O)N3C4NC(C(F)CC24)C2C(F)CCCC2NCCOC2CCNC(C(C)C)C23)C2C[C@@H]21. The van der Waals surface area contributed by atoms with Crippen molar-refractivity contribution in [1.82, 2.24) is 36.0 Å². The number of hydrogen-bond donors (Lipinski definition) is 4. The summed E-state index contributed by atoms with van der Waals surface area (Å²) in [6, 6.07) is -1.07. The second kappa shape index (κ2) is 11.8. The number of piperazine rings is 1. The number of halogens is 2. The Morgan fingerprint density at radius 1 is 1.05 bits per heavy atom. The zero-order valence-corrected chi connectivity index (χ0v) is 25.5. The van der Waals surface area contributed by atoms with E-state index in [0.717, 1.165) is 32.2 Å². The van der Waals surface area contributed by atoms with Gasteiger partial charge in [0, 0.05) is 61.7 Å². The number of ether oxygens (including phenoxy) is 1. The van der Waals surface area contributed by atoms with Gasteiger partial charge in [0.1, 0.15) is 12.3 Å². The van der Waals surface area contributed by atoms with Gasteiger partial charge in [0.15, 0.2) is 0 Å². The maximum Gasteiger partial charge on any atom is 0.320 e. The summed E-state index contributed by atoms with van der Waals surface area (Å²) in [5.74, 6) is -0.598. The van der Waals surface area contributed by atoms with Crippen molar-refractivity contribution in [3.8, 4) is 0 Å². The highest BCUT2D eigenvalue weighted by Crippen LogP contribution is 2.45. The molecule has 0 aromatic heterocycles. The third kappa shape index (κ3) is 5.18. The van der Waals surface area contributed by atoms with Crippen molar-refractivity contribution < 1.29 is 23.1 Å². The molecular weight excluding hydrogens is 556 g/mol. The highest BCUT2D eigenvalue weighted by atomic mass is 19.1. The molecular formula is C31H49F2N7O3. The minimum Gasteiger partial charge on any atom is -0.375 e. The molecule has 10 nitrogen and oxygen atoms in total. The normalized spacial score (nSPS) is 46.8. The quantitative estimate of drug-likeness (QED) is 0.361. The first-order valence-electron chi connectivity index (χ1n) is 16.7. The van der Waals surface area contributed by atoms with Crippen molar-refractivity contribution in [2.75, 3.05) is 32.8 Å². The van der Waals surface area contributed by atoms with Gasteiger partial charge in [0.2, 0.25) is 5.91 Å². The van der Waals surface area contributed by atoms with Crippen molar-refractivity contribution in [3.63, 3.8) is 0 Å². The van der Waals surface area contributed by atoms with E-state index >= 15 is 8.78 Å². The van der Waals surface area contributed by atoms with Crippen molar-refractivity contribution in [1.29, 1.82) is 0 Å². The van der Waals surface area contributed by atoms with Gasteiger partial charge in [-0.2, -0.15) is 0 Å². The summed E-state index contributed by atoms with van der Waals surface area (Å²) in [6.07, 6.45) is 1.86. The van der Waals surface area contributed by atoms with E-state index in [1.807, 2.05) is 9.80 Å². The molecule has 7 rings (SSSR count). The molecule has 13 atom stereocenters. The van der Waals surface area contributed by atoms with Crippen LogP contribution in [0.5, 0.6) is 0 Å². The fraction of sp³-hybridized carbons (Fsp3) is 0.871. The summed E-state index contributed by atoms with van der Waals surface area (Å²) >= 11 is 0. The molecule has 0 radical (unpaired) electrons. The van der Waals surface area contributed by atoms with Gasteiger partial charge in [0.05, 0.1) is 31.1 Å². The van der Waals surface area contributed by atoms with Crippen LogP contribution in [-0.4, -0.2) is 126 Å². The molecule has 7 fully saturated rings. The lowest BCUT2D eigenvalue weighted by Crippen LogP contribution is -2.80. The van der Waals surface area contributed by atoms with E-state index in [9.17, 15) is 9.59 Å². The third-order valence-corrected chi connectivity index (χ3v) is 11.6. The zero-order chi connectivity index (χ0) is 30.0. The van der Waals surface area contributed by atoms with Crippen LogP contribution in [0, 0.1) is 17.8 Å². The van der Waals surface area contributed by atoms with E-state index in [4.69, 9.17) is 4.74 Å². The molecule has 4 N–H and O–H groups in total. The monoisotopic (exact) mass is 605 g/mol. The molecule has 2 saturated carbocycles. The fourth-order valence-electron chi connectivity index (χ4n) is 9.55. The number of hydrogen-bond acceptors (Lipinski definition) is 7. The van der Waals surface area contributed by atoms with Crippen LogP contribution in [0.2, 0.25) is 0 Å². The fourth-order valence-corrected chi connectivity index (χ4v) is 9.55. The van der Waals surface area contributed by atoms with Gasteiger partial charge in [-0.25, -0.2) is 13.6 Å². The lowest BCUT2D eigenvalue weighted by atomic mass is 9.72. The smallest absolute Gasteiger partial charge is 0.320 e. The molecule has 43 heavy (non-hydrogen) atoms. The van der Waals surface area contributed by atoms with Crippen LogP contribution < -0.4 is 21.3 Å². The van der Waals surface area contributed by atoms with Crippen molar-refractivity contribution in [2.24, 2.45) is 17.8 Å². The first-order chi connectivity index (χ1) is 20.8. The summed E-state index contributed by atoms with van der Waals surface area (Å²) in [5, 5.41) is 14.2. The molecule has 240 valence electrons. The summed E-state index contributed by atoms with van der Waals surface area (Å²) in [6.45, 7) is 11.0. The second-order valence-corrected chi connectivity index (χ2v) is 14.2. The predicted molar refractivity (Wildman–Crippen MR) is 157 cm³/mol. The third-order valence-electron chi connectivity index (χ3n) is 11.6. The van der Waals surface area contributed by atoms with E-state index < -0.39 is 30.5 Å². The van der Waals surface area contributed by atoms with Gasteiger partial charge in [-0.15, -0.1) is 0 Å². The number of alkyl halides is 2. The molecule has 3 amide bonds. The van der Waals surface area contributed by atoms with Crippen LogP contribution in [0.25, 0.3) is 0 Å². The van der Waals surface area contributed by atoms with E-state index in [1.54, 1.807) is 0 Å². The highest BCUT2D eigenvalue weighted by molar-refractivity contribution is 5.87. The predicted octanol–water partition coefficient (Wildman–Crippen LogP) is 1.33. The summed E-state index contributed by atoms with van der Waals surface area (Å²) < 4.78 is 38.8. The van der Waals surface area contributed by atoms with Crippen LogP contribution >= 0.6 is 0 Å². The maximum atomic E-state index is 16.5. The van der Waals surface area contributed by atoms with Crippen LogP contribution in [-0.2, 0) is 9.53 Å². The van der Waals surface area contributed by atoms with Crippen molar-refractivity contribution >= 4 is 11.9 Å². The number of fused-ring (bicyclic) bond motifs is 6. The molecule has 12 unspecified atom stereocenters. The van der Waals surface area contributed by atoms with Crippen LogP contribution in [0.3, 0.4) is 0 Å². The van der Waals surface area contributed by atoms with Crippen LogP contribution in [0.1, 0.15) is 52.4 Å². The molecule has 12 heteroatoms. The number of rotatable bonds is 3. The van der Waals surface area contributed by atoms with Gasteiger partial charge >= 0.3 is 6.03 Å². The molecule has 5 heterocycles. The van der Waals surface area contributed by atoms with Crippen LogP contribution in [0.15, 0.2) is 12.7 Å². The van der Waals surface area contributed by atoms with Gasteiger partial charge < -0.3 is 30.5 Å². The number of urea groups is 1. The van der Waals surface area contributed by atoms with E-state index in [2.05, 4.69) is 46.6 Å². The van der Waals surface area contributed by atoms with E-state index in [-0.39, 0.29) is 72.7 Å². The zero-order valence-electron chi connectivity index (χ0n) is 25.5. The lowest BCUT2D eigenvalue weighted by Gasteiger charge is -2.59. The van der Waals surface area contributed by atoms with Gasteiger partial charge in [-0.1, -0.05) is 20.4 Å². The summed E-state index contributed by atoms with van der Waals surface area (Å²) in [4.78, 5) is 32.9. The highest BCUT2D eigenvalue weighted by Gasteiger charge is 2.60. The summed E-state index contributed by atoms with van der Waals surface area (Å²) in [7, 11) is 0. The number of carbonyl (C=O) groups is 2. The molecule has 2 bridgehead atoms. The molecule has 0 spiro atoms. The Hall–Kier alpha value is -1.86. The molecule has 5 saturated heterocycles. The van der Waals surface area contributed by atoms with Gasteiger partial charge in [0.25, 0.3) is 0 Å². The maximum absolute atomic E-state index is 16.5. The largest absolute Gasteiger partial charge is 0.375 e. The standard InChI is InChI=1S/C31H49F2N7O3/c1-4-24(41)38-11-12-39(22-15-21(22)38)29-17-14-19(33)27-25-18(32)6-5-7-20(25)34-10-13-43-23-8-9-35-26(16(2)3)28(23)40(30(17)36-27)31(42)37-29/h4,16-23,25-30,34-36H,1,5-15H2,2-3H3,(H,37,42)/t17?,18?,19?,20?,21-,22?,23?,25?,26?,27?,28?,29?,30?/m0/s1. The number of carbonyl (C=O) groups excluding carboxylic acids is 2. The topological polar surface area (TPSA) is 101 Å². The molecule has 2 aliphatic carbocycles. The Kier molecular flexibility index (Phi) is 8.20. The Balaban J connectivity index is 1.25. The minimum atomic E-state index is -1.25. The van der Waals surface area contributed by atoms with E-state index in [1.165, 1.54) is 6.08 Å². The molecule has 5 aliphatic heterocycles. The Bertz CT molecular complexity index is 1080. The number of piperidine rings is 2. The summed E-state index contributed by atoms with van der Waals surface area (Å²) in [5.41, 5.74) is 0. The molecule has 0 aromatic rings. The number of nitrogens with zero attached hydrogens (tertiary/aromatic N) is 3.